The van der Waals surface area contributed by atoms with Crippen LogP contribution in [0.5, 0.6) is 11.5 Å². The van der Waals surface area contributed by atoms with Gasteiger partial charge in [0.05, 0.1) is 23.8 Å². The maximum absolute atomic E-state index is 12.7. The number of unbranched alkanes of at least 4 members (excludes halogenated alkanes) is 2. The zero-order valence-electron chi connectivity index (χ0n) is 21.3. The lowest BCUT2D eigenvalue weighted by Gasteiger charge is -2.13. The van der Waals surface area contributed by atoms with E-state index in [0.717, 1.165) is 0 Å². The van der Waals surface area contributed by atoms with Gasteiger partial charge in [-0.3, -0.25) is 28.9 Å². The maximum Gasteiger partial charge on any atom is 0.311 e. The monoisotopic (exact) mass is 523 g/mol. The van der Waals surface area contributed by atoms with Crippen LogP contribution < -0.4 is 9.47 Å². The van der Waals surface area contributed by atoms with Crippen molar-refractivity contribution in [3.8, 4) is 11.5 Å². The Morgan fingerprint density at radius 1 is 0.744 bits per heavy atom. The van der Waals surface area contributed by atoms with Gasteiger partial charge < -0.3 is 9.47 Å². The molecule has 1 heterocycles. The summed E-state index contributed by atoms with van der Waals surface area (Å²) in [7, 11) is 1.44. The van der Waals surface area contributed by atoms with E-state index < -0.39 is 5.97 Å². The molecule has 0 spiro atoms. The summed E-state index contributed by atoms with van der Waals surface area (Å²) >= 11 is 0. The number of ketones is 2. The molecule has 0 N–H and O–H groups in total. The van der Waals surface area contributed by atoms with Crippen molar-refractivity contribution >= 4 is 35.4 Å². The van der Waals surface area contributed by atoms with E-state index in [4.69, 9.17) is 9.47 Å². The number of esters is 1. The van der Waals surface area contributed by atoms with Crippen molar-refractivity contribution in [3.05, 3.63) is 100 Å². The van der Waals surface area contributed by atoms with Crippen molar-refractivity contribution < 1.29 is 33.4 Å². The maximum atomic E-state index is 12.7. The fourth-order valence-corrected chi connectivity index (χ4v) is 4.76. The van der Waals surface area contributed by atoms with Crippen LogP contribution in [0.4, 0.5) is 0 Å². The molecule has 0 radical (unpaired) electrons. The molecule has 5 rings (SSSR count). The van der Waals surface area contributed by atoms with Crippen LogP contribution in [0.1, 0.15) is 72.7 Å². The van der Waals surface area contributed by atoms with E-state index in [1.165, 1.54) is 18.1 Å². The number of benzene rings is 3. The molecule has 0 aromatic heterocycles. The molecule has 0 unspecified atom stereocenters. The first-order chi connectivity index (χ1) is 18.9. The first-order valence-corrected chi connectivity index (χ1v) is 12.6. The largest absolute Gasteiger partial charge is 0.493 e. The van der Waals surface area contributed by atoms with Crippen molar-refractivity contribution in [2.24, 2.45) is 0 Å². The van der Waals surface area contributed by atoms with Gasteiger partial charge >= 0.3 is 5.97 Å². The first kappa shape index (κ1) is 25.8. The Kier molecular flexibility index (Phi) is 7.19. The van der Waals surface area contributed by atoms with Crippen LogP contribution in [0.15, 0.2) is 72.3 Å². The van der Waals surface area contributed by atoms with Gasteiger partial charge in [-0.15, -0.1) is 0 Å². The lowest BCUT2D eigenvalue weighted by molar-refractivity contribution is -0.134. The zero-order valence-corrected chi connectivity index (χ0v) is 21.3. The number of amides is 2. The zero-order chi connectivity index (χ0) is 27.5. The highest BCUT2D eigenvalue weighted by Crippen LogP contribution is 2.32. The summed E-state index contributed by atoms with van der Waals surface area (Å²) in [5, 5.41) is 0. The minimum absolute atomic E-state index is 0.0733. The smallest absolute Gasteiger partial charge is 0.311 e. The molecular formula is C31H25NO7. The normalized spacial score (nSPS) is 14.0. The molecule has 196 valence electrons. The molecule has 0 saturated carbocycles. The molecule has 8 heteroatoms. The summed E-state index contributed by atoms with van der Waals surface area (Å²) in [5.41, 5.74) is 2.25. The van der Waals surface area contributed by atoms with E-state index >= 15 is 0 Å². The van der Waals surface area contributed by atoms with Gasteiger partial charge in [-0.25, -0.2) is 0 Å². The third-order valence-electron chi connectivity index (χ3n) is 6.77. The van der Waals surface area contributed by atoms with E-state index in [9.17, 15) is 24.0 Å². The van der Waals surface area contributed by atoms with Crippen LogP contribution >= 0.6 is 0 Å². The number of nitrogens with zero attached hydrogens (tertiary/aromatic N) is 1. The number of hydrogen-bond acceptors (Lipinski definition) is 7. The molecule has 39 heavy (non-hydrogen) atoms. The molecule has 0 saturated heterocycles. The average molecular weight is 524 g/mol. The molecule has 8 nitrogen and oxygen atoms in total. The molecule has 3 aromatic rings. The molecule has 0 fully saturated rings. The summed E-state index contributed by atoms with van der Waals surface area (Å²) in [4.78, 5) is 63.9. The van der Waals surface area contributed by atoms with Crippen LogP contribution in [0, 0.1) is 0 Å². The second-order valence-corrected chi connectivity index (χ2v) is 9.26. The van der Waals surface area contributed by atoms with E-state index in [1.54, 1.807) is 66.7 Å². The fourth-order valence-electron chi connectivity index (χ4n) is 4.76. The predicted molar refractivity (Wildman–Crippen MR) is 142 cm³/mol. The topological polar surface area (TPSA) is 107 Å². The summed E-state index contributed by atoms with van der Waals surface area (Å²) in [5.74, 6) is -1.15. The molecular weight excluding hydrogens is 498 g/mol. The van der Waals surface area contributed by atoms with Crippen LogP contribution in [-0.4, -0.2) is 47.9 Å². The number of Topliss-reactive ketones (excluding diaryl/α,β-unsaturated/α-hetero) is 2. The Bertz CT molecular complexity index is 1480. The van der Waals surface area contributed by atoms with Gasteiger partial charge in [0.1, 0.15) is 0 Å². The van der Waals surface area contributed by atoms with Gasteiger partial charge in [0.2, 0.25) is 0 Å². The van der Waals surface area contributed by atoms with E-state index in [1.807, 2.05) is 0 Å². The van der Waals surface area contributed by atoms with E-state index in [2.05, 4.69) is 0 Å². The highest BCUT2D eigenvalue weighted by Gasteiger charge is 2.34. The van der Waals surface area contributed by atoms with Crippen molar-refractivity contribution in [3.63, 3.8) is 0 Å². The first-order valence-electron chi connectivity index (χ1n) is 12.6. The molecule has 2 amide bonds. The second-order valence-electron chi connectivity index (χ2n) is 9.26. The second kappa shape index (κ2) is 10.9. The number of hydrogen-bond donors (Lipinski definition) is 0. The fraction of sp³-hybridized carbons (Fsp3) is 0.194. The number of ether oxygens (including phenoxy) is 2. The summed E-state index contributed by atoms with van der Waals surface area (Å²) in [6.45, 7) is 0.294. The van der Waals surface area contributed by atoms with Gasteiger partial charge in [-0.1, -0.05) is 48.9 Å². The molecule has 0 bridgehead atoms. The van der Waals surface area contributed by atoms with Crippen LogP contribution in [0.2, 0.25) is 0 Å². The number of fused-ring (bicyclic) bond motifs is 2. The Labute approximate surface area is 224 Å². The third kappa shape index (κ3) is 5.01. The lowest BCUT2D eigenvalue weighted by Crippen LogP contribution is -2.30. The SMILES string of the molecule is COc1cc(C=C2C(=O)c3ccccc3C2=O)ccc1OC(=O)CCCCCN1C(=O)c2ccccc2C1=O. The Morgan fingerprint density at radius 2 is 1.33 bits per heavy atom. The number of rotatable bonds is 9. The predicted octanol–water partition coefficient (Wildman–Crippen LogP) is 4.92. The molecule has 2 aliphatic rings. The van der Waals surface area contributed by atoms with Crippen LogP contribution in [-0.2, 0) is 4.79 Å². The number of imide groups is 1. The third-order valence-corrected chi connectivity index (χ3v) is 6.77. The van der Waals surface area contributed by atoms with Crippen molar-refractivity contribution in [2.75, 3.05) is 13.7 Å². The van der Waals surface area contributed by atoms with E-state index in [-0.39, 0.29) is 41.1 Å². The molecule has 0 atom stereocenters. The average Bonchev–Trinajstić information content (AvgIpc) is 3.34. The molecule has 3 aromatic carbocycles. The van der Waals surface area contributed by atoms with Crippen LogP contribution in [0.3, 0.4) is 0 Å². The van der Waals surface area contributed by atoms with Gasteiger partial charge in [-0.05, 0) is 48.7 Å². The van der Waals surface area contributed by atoms with Gasteiger partial charge in [0, 0.05) is 24.1 Å². The minimum Gasteiger partial charge on any atom is -0.493 e. The Hall–Kier alpha value is -4.85. The summed E-state index contributed by atoms with van der Waals surface area (Å²) in [6.07, 6.45) is 3.40. The summed E-state index contributed by atoms with van der Waals surface area (Å²) < 4.78 is 10.8. The van der Waals surface area contributed by atoms with Crippen molar-refractivity contribution in [1.82, 2.24) is 4.90 Å². The van der Waals surface area contributed by atoms with Crippen LogP contribution in [0.25, 0.3) is 6.08 Å². The van der Waals surface area contributed by atoms with E-state index in [0.29, 0.717) is 59.4 Å². The number of allylic oxidation sites excluding steroid dienone is 1. The number of methoxy groups -OCH3 is 1. The Morgan fingerprint density at radius 3 is 1.92 bits per heavy atom. The molecule has 1 aliphatic heterocycles. The van der Waals surface area contributed by atoms with Crippen molar-refractivity contribution in [1.29, 1.82) is 0 Å². The van der Waals surface area contributed by atoms with Gasteiger partial charge in [0.25, 0.3) is 11.8 Å². The lowest BCUT2D eigenvalue weighted by atomic mass is 10.1. The highest BCUT2D eigenvalue weighted by molar-refractivity contribution is 6.41. The molecule has 1 aliphatic carbocycles. The quantitative estimate of drug-likeness (QED) is 0.0979. The standard InChI is InChI=1S/C31H25NO7/c1-38-26-18-19(17-24-28(34)20-9-4-5-10-21(20)29(24)35)14-15-25(26)39-27(33)13-3-2-8-16-32-30(36)22-11-6-7-12-23(22)31(32)37/h4-7,9-12,14-15,17-18H,2-3,8,13,16H2,1H3. The minimum atomic E-state index is -0.447. The van der Waals surface area contributed by atoms with Gasteiger partial charge in [-0.2, -0.15) is 0 Å². The number of carbonyl (C=O) groups excluding carboxylic acids is 5. The van der Waals surface area contributed by atoms with Crippen molar-refractivity contribution in [2.45, 2.75) is 25.7 Å². The number of carbonyl (C=O) groups is 5. The highest BCUT2D eigenvalue weighted by atomic mass is 16.6. The Balaban J connectivity index is 1.13. The van der Waals surface area contributed by atoms with Gasteiger partial charge in [0.15, 0.2) is 23.1 Å². The summed E-state index contributed by atoms with van der Waals surface area (Å²) in [6, 6.07) is 18.3.